The van der Waals surface area contributed by atoms with E-state index >= 15 is 0 Å². The monoisotopic (exact) mass is 973 g/mol. The third kappa shape index (κ3) is 35.5. The highest BCUT2D eigenvalue weighted by Crippen LogP contribution is 2.44. The predicted molar refractivity (Wildman–Crippen MR) is 250 cm³/mol. The number of carbonyl (C=O) groups excluding carboxylic acids is 2. The summed E-state index contributed by atoms with van der Waals surface area (Å²) in [5.74, 6) is -0.713. The molecule has 0 bridgehead atoms. The van der Waals surface area contributed by atoms with Crippen molar-refractivity contribution in [3.05, 3.63) is 12.2 Å². The lowest BCUT2D eigenvalue weighted by Gasteiger charge is -2.21. The van der Waals surface area contributed by atoms with Crippen LogP contribution in [-0.2, 0) is 41.8 Å². The summed E-state index contributed by atoms with van der Waals surface area (Å²) >= 11 is 0. The lowest BCUT2D eigenvalue weighted by molar-refractivity contribution is -0.161. The van der Waals surface area contributed by atoms with Crippen LogP contribution >= 0.6 is 15.6 Å². The summed E-state index contributed by atoms with van der Waals surface area (Å²) in [6.07, 6.45) is 25.5. The molecule has 8 atom stereocenters. The molecule has 0 amide bonds. The smallest absolute Gasteiger partial charge is 0.462 e. The zero-order valence-electron chi connectivity index (χ0n) is 40.1. The summed E-state index contributed by atoms with van der Waals surface area (Å²) in [6, 6.07) is 0. The molecule has 1 aliphatic rings. The minimum atomic E-state index is -4.89. The first-order valence-electron chi connectivity index (χ1n) is 25.0. The first-order valence-corrected chi connectivity index (χ1v) is 28.0. The molecular formula is C47H90O16P2. The quantitative estimate of drug-likeness (QED) is 0.0130. The van der Waals surface area contributed by atoms with Crippen LogP contribution in [0.25, 0.3) is 0 Å². The minimum Gasteiger partial charge on any atom is -0.462 e. The van der Waals surface area contributed by atoms with Gasteiger partial charge in [0, 0.05) is 25.2 Å². The molecule has 0 aromatic rings. The molecule has 65 heavy (non-hydrogen) atoms. The second-order valence-electron chi connectivity index (χ2n) is 18.5. The summed E-state index contributed by atoms with van der Waals surface area (Å²) in [4.78, 5) is 53.1. The van der Waals surface area contributed by atoms with Crippen LogP contribution in [0.5, 0.6) is 0 Å². The van der Waals surface area contributed by atoms with Gasteiger partial charge in [0.1, 0.15) is 12.7 Å². The Morgan fingerprint density at radius 3 is 1.66 bits per heavy atom. The first kappa shape index (κ1) is 61.8. The Morgan fingerprint density at radius 1 is 0.615 bits per heavy atom. The van der Waals surface area contributed by atoms with Crippen molar-refractivity contribution in [3.63, 3.8) is 0 Å². The van der Waals surface area contributed by atoms with Crippen LogP contribution in [0.2, 0.25) is 0 Å². The van der Waals surface area contributed by atoms with Crippen molar-refractivity contribution in [3.8, 4) is 0 Å². The maximum absolute atomic E-state index is 12.8. The van der Waals surface area contributed by atoms with Gasteiger partial charge < -0.3 is 44.6 Å². The number of rotatable bonds is 43. The number of ether oxygens (including phenoxy) is 2. The molecule has 1 aliphatic carbocycles. The van der Waals surface area contributed by atoms with Gasteiger partial charge in [-0.15, -0.1) is 0 Å². The van der Waals surface area contributed by atoms with Gasteiger partial charge in [0.05, 0.1) is 38.1 Å². The normalized spacial score (nSPS) is 20.3. The van der Waals surface area contributed by atoms with E-state index in [1.54, 1.807) is 6.08 Å². The molecule has 16 nitrogen and oxygen atoms in total. The van der Waals surface area contributed by atoms with E-state index in [2.05, 4.69) is 25.3 Å². The van der Waals surface area contributed by atoms with E-state index in [4.69, 9.17) is 28.3 Å². The molecule has 1 fully saturated rings. The molecule has 1 rings (SSSR count). The molecule has 0 radical (unpaired) electrons. The summed E-state index contributed by atoms with van der Waals surface area (Å²) in [5.41, 5.74) is 0. The largest absolute Gasteiger partial charge is 0.472 e. The van der Waals surface area contributed by atoms with Crippen molar-refractivity contribution in [2.24, 2.45) is 17.8 Å². The van der Waals surface area contributed by atoms with E-state index in [-0.39, 0.29) is 24.7 Å². The number of hydrogen-bond donors (Lipinski definition) is 7. The van der Waals surface area contributed by atoms with Crippen molar-refractivity contribution < 1.29 is 76.9 Å². The fraction of sp³-hybridized carbons (Fsp3) is 0.915. The second-order valence-corrected chi connectivity index (χ2v) is 21.2. The molecule has 0 aromatic carbocycles. The van der Waals surface area contributed by atoms with Gasteiger partial charge in [0.2, 0.25) is 0 Å². The van der Waals surface area contributed by atoms with Gasteiger partial charge in [0.15, 0.2) is 6.10 Å². The highest BCUT2D eigenvalue weighted by Gasteiger charge is 2.39. The average molecular weight is 973 g/mol. The van der Waals surface area contributed by atoms with Gasteiger partial charge in [-0.3, -0.25) is 23.2 Å². The number of aliphatic hydroxyl groups excluding tert-OH is 4. The van der Waals surface area contributed by atoms with Crippen LogP contribution in [0.3, 0.4) is 0 Å². The number of esters is 2. The zero-order chi connectivity index (χ0) is 48.4. The number of phosphoric ester groups is 2. The van der Waals surface area contributed by atoms with Crippen LogP contribution in [0.4, 0.5) is 0 Å². The van der Waals surface area contributed by atoms with Crippen LogP contribution < -0.4 is 0 Å². The summed E-state index contributed by atoms with van der Waals surface area (Å²) in [7, 11) is -9.75. The first-order chi connectivity index (χ1) is 30.9. The topological polar surface area (TPSA) is 256 Å². The van der Waals surface area contributed by atoms with Gasteiger partial charge >= 0.3 is 27.6 Å². The molecule has 0 saturated heterocycles. The maximum atomic E-state index is 12.8. The molecule has 0 heterocycles. The van der Waals surface area contributed by atoms with Gasteiger partial charge in [-0.25, -0.2) is 9.13 Å². The molecule has 0 spiro atoms. The number of phosphoric acid groups is 2. The Kier molecular flexibility index (Phi) is 35.7. The van der Waals surface area contributed by atoms with Crippen molar-refractivity contribution in [2.75, 3.05) is 26.4 Å². The van der Waals surface area contributed by atoms with Crippen molar-refractivity contribution >= 4 is 27.6 Å². The molecule has 1 unspecified atom stereocenters. The minimum absolute atomic E-state index is 0.0720. The molecule has 7 N–H and O–H groups in total. The number of aliphatic hydroxyl groups is 4. The Labute approximate surface area is 390 Å². The van der Waals surface area contributed by atoms with Crippen LogP contribution in [0.15, 0.2) is 12.2 Å². The van der Waals surface area contributed by atoms with E-state index in [1.165, 1.54) is 70.6 Å². The van der Waals surface area contributed by atoms with Gasteiger partial charge in [0.25, 0.3) is 0 Å². The number of hydrogen-bond acceptors (Lipinski definition) is 13. The highest BCUT2D eigenvalue weighted by molar-refractivity contribution is 7.47. The van der Waals surface area contributed by atoms with E-state index in [1.807, 2.05) is 6.08 Å². The molecular weight excluding hydrogens is 882 g/mol. The van der Waals surface area contributed by atoms with Crippen LogP contribution in [-0.4, -0.2) is 104 Å². The van der Waals surface area contributed by atoms with Gasteiger partial charge in [-0.2, -0.15) is 0 Å². The van der Waals surface area contributed by atoms with E-state index < -0.39 is 84.5 Å². The summed E-state index contributed by atoms with van der Waals surface area (Å²) in [6.45, 7) is 3.79. The molecule has 0 aliphatic heterocycles. The molecule has 18 heteroatoms. The lowest BCUT2D eigenvalue weighted by Crippen LogP contribution is -2.30. The number of unbranched alkanes of at least 4 members (excludes halogenated alkanes) is 19. The third-order valence-electron chi connectivity index (χ3n) is 11.9. The van der Waals surface area contributed by atoms with E-state index in [0.29, 0.717) is 38.5 Å². The molecule has 0 aromatic heterocycles. The van der Waals surface area contributed by atoms with E-state index in [0.717, 1.165) is 63.7 Å². The van der Waals surface area contributed by atoms with Crippen molar-refractivity contribution in [1.82, 2.24) is 0 Å². The molecule has 1 saturated carbocycles. The summed E-state index contributed by atoms with van der Waals surface area (Å²) < 4.78 is 48.0. The predicted octanol–water partition coefficient (Wildman–Crippen LogP) is 9.53. The zero-order valence-corrected chi connectivity index (χ0v) is 41.9. The fourth-order valence-corrected chi connectivity index (χ4v) is 9.26. The van der Waals surface area contributed by atoms with E-state index in [9.17, 15) is 44.0 Å². The Hall–Kier alpha value is -1.26. The second kappa shape index (κ2) is 37.6. The Bertz CT molecular complexity index is 1330. The summed E-state index contributed by atoms with van der Waals surface area (Å²) in [5, 5.41) is 41.2. The molecule has 384 valence electrons. The lowest BCUT2D eigenvalue weighted by atomic mass is 9.88. The van der Waals surface area contributed by atoms with Crippen molar-refractivity contribution in [1.29, 1.82) is 0 Å². The Balaban J connectivity index is 2.46. The average Bonchev–Trinajstić information content (AvgIpc) is 3.51. The third-order valence-corrected chi connectivity index (χ3v) is 13.4. The van der Waals surface area contributed by atoms with Crippen LogP contribution in [0, 0.1) is 17.8 Å². The van der Waals surface area contributed by atoms with Crippen LogP contribution in [0.1, 0.15) is 201 Å². The van der Waals surface area contributed by atoms with Gasteiger partial charge in [-0.1, -0.05) is 168 Å². The van der Waals surface area contributed by atoms with Crippen molar-refractivity contribution in [2.45, 2.75) is 231 Å². The SMILES string of the molecule is CCCCC[C@H](O)/C=C/[C@@H]1[C@@H](CCCCCCC(=O)OC[C@H](COP(=O)(O)OC[C@@H](O)COP(=O)(O)O)OC(=O)CCCCCCCCCCCCCCCCCC(C)C)[C@@H](O)C[C@H]1O. The van der Waals surface area contributed by atoms with Gasteiger partial charge in [-0.05, 0) is 37.5 Å². The standard InChI is InChI=1S/C47H90O16P2/c1-4-5-21-27-39(48)31-32-43-42(44(50)33-45(43)51)28-23-19-20-24-29-46(52)59-36-41(37-62-65(57,58)61-35-40(49)34-60-64(54,55)56)63-47(53)30-25-18-16-14-12-10-8-6-7-9-11-13-15-17-22-26-38(2)3/h31-32,38-45,48-51H,4-30,33-37H2,1-3H3,(H,57,58)(H2,54,55,56)/b32-31+/t39-,40-,41+,42+,43+,44-,45+/m0/s1. The fourth-order valence-electron chi connectivity index (χ4n) is 8.10. The maximum Gasteiger partial charge on any atom is 0.472 e. The highest BCUT2D eigenvalue weighted by atomic mass is 31.2. The Morgan fingerprint density at radius 2 is 1.11 bits per heavy atom. The number of carbonyl (C=O) groups is 2.